The summed E-state index contributed by atoms with van der Waals surface area (Å²) in [6.45, 7) is 2.39. The number of carboxylic acids is 1. The molecule has 5 heteroatoms. The van der Waals surface area contributed by atoms with Crippen LogP contribution in [0.4, 0.5) is 11.4 Å². The highest BCUT2D eigenvalue weighted by atomic mass is 16.4. The Kier molecular flexibility index (Phi) is 5.64. The van der Waals surface area contributed by atoms with Crippen LogP contribution in [0.3, 0.4) is 0 Å². The van der Waals surface area contributed by atoms with Crippen LogP contribution in [0.25, 0.3) is 0 Å². The smallest absolute Gasteiger partial charge is 0.307 e. The lowest BCUT2D eigenvalue weighted by Crippen LogP contribution is -2.45. The quantitative estimate of drug-likeness (QED) is 0.835. The molecule has 5 nitrogen and oxygen atoms in total. The molecule has 2 heterocycles. The highest BCUT2D eigenvalue weighted by Crippen LogP contribution is 2.36. The Morgan fingerprint density at radius 1 is 1.00 bits per heavy atom. The standard InChI is InChI=1S/C23H28N2O3/c26-20(15-24-13-5-8-19(14-24)23(27)28)16-25-21-9-3-1-6-17(21)11-12-18-7-2-4-10-22(18)25/h1-4,6-7,9-10,19-20,26H,5,8,11-16H2,(H,27,28)/t19-,20?/m1/s1. The molecule has 2 N–H and O–H groups in total. The molecule has 1 fully saturated rings. The summed E-state index contributed by atoms with van der Waals surface area (Å²) in [4.78, 5) is 15.7. The summed E-state index contributed by atoms with van der Waals surface area (Å²) in [6.07, 6.45) is 3.04. The van der Waals surface area contributed by atoms with Crippen molar-refractivity contribution in [3.05, 3.63) is 59.7 Å². The van der Waals surface area contributed by atoms with Gasteiger partial charge in [-0.2, -0.15) is 0 Å². The predicted octanol–water partition coefficient (Wildman–Crippen LogP) is 3.08. The average molecular weight is 380 g/mol. The molecule has 0 amide bonds. The zero-order valence-electron chi connectivity index (χ0n) is 16.1. The van der Waals surface area contributed by atoms with Gasteiger partial charge in [0.15, 0.2) is 0 Å². The number of aliphatic hydroxyl groups is 1. The number of carbonyl (C=O) groups is 1. The van der Waals surface area contributed by atoms with Crippen LogP contribution in [0.5, 0.6) is 0 Å². The number of hydrogen-bond donors (Lipinski definition) is 2. The van der Waals surface area contributed by atoms with Crippen molar-refractivity contribution >= 4 is 17.3 Å². The van der Waals surface area contributed by atoms with E-state index in [0.717, 1.165) is 43.6 Å². The van der Waals surface area contributed by atoms with E-state index in [1.54, 1.807) is 0 Å². The number of carboxylic acid groups (broad SMARTS) is 1. The third-order valence-corrected chi connectivity index (χ3v) is 5.95. The van der Waals surface area contributed by atoms with Crippen LogP contribution in [-0.2, 0) is 17.6 Å². The van der Waals surface area contributed by atoms with Crippen molar-refractivity contribution in [3.63, 3.8) is 0 Å². The number of piperidine rings is 1. The topological polar surface area (TPSA) is 64.0 Å². The number of aliphatic hydroxyl groups excluding tert-OH is 1. The van der Waals surface area contributed by atoms with Gasteiger partial charge in [0, 0.05) is 24.5 Å². The first-order chi connectivity index (χ1) is 13.6. The summed E-state index contributed by atoms with van der Waals surface area (Å²) in [7, 11) is 0. The Balaban J connectivity index is 1.53. The monoisotopic (exact) mass is 380 g/mol. The van der Waals surface area contributed by atoms with Gasteiger partial charge in [-0.25, -0.2) is 0 Å². The van der Waals surface area contributed by atoms with Gasteiger partial charge in [0.25, 0.3) is 0 Å². The molecule has 2 aromatic carbocycles. The van der Waals surface area contributed by atoms with E-state index < -0.39 is 12.1 Å². The highest BCUT2D eigenvalue weighted by Gasteiger charge is 2.28. The largest absolute Gasteiger partial charge is 0.481 e. The molecule has 0 aromatic heterocycles. The first-order valence-electron chi connectivity index (χ1n) is 10.2. The minimum atomic E-state index is -0.727. The van der Waals surface area contributed by atoms with E-state index >= 15 is 0 Å². The van der Waals surface area contributed by atoms with E-state index in [1.165, 1.54) is 11.1 Å². The van der Waals surface area contributed by atoms with Crippen molar-refractivity contribution in [1.29, 1.82) is 0 Å². The Labute approximate surface area is 166 Å². The Morgan fingerprint density at radius 3 is 2.21 bits per heavy atom. The first kappa shape index (κ1) is 19.0. The summed E-state index contributed by atoms with van der Waals surface area (Å²) in [5.41, 5.74) is 4.92. The summed E-state index contributed by atoms with van der Waals surface area (Å²) in [6, 6.07) is 16.8. The number of likely N-dealkylation sites (tertiary alicyclic amines) is 1. The van der Waals surface area contributed by atoms with Crippen LogP contribution in [0.15, 0.2) is 48.5 Å². The summed E-state index contributed by atoms with van der Waals surface area (Å²) in [5, 5.41) is 20.2. The zero-order chi connectivity index (χ0) is 19.5. The van der Waals surface area contributed by atoms with Crippen molar-refractivity contribution in [1.82, 2.24) is 4.90 Å². The first-order valence-corrected chi connectivity index (χ1v) is 10.2. The van der Waals surface area contributed by atoms with Gasteiger partial charge >= 0.3 is 5.97 Å². The molecule has 1 unspecified atom stereocenters. The van der Waals surface area contributed by atoms with Crippen molar-refractivity contribution in [2.45, 2.75) is 31.8 Å². The van der Waals surface area contributed by atoms with E-state index in [4.69, 9.17) is 0 Å². The third kappa shape index (κ3) is 4.05. The van der Waals surface area contributed by atoms with Gasteiger partial charge in [0.1, 0.15) is 0 Å². The molecule has 0 spiro atoms. The Hall–Kier alpha value is -2.37. The van der Waals surface area contributed by atoms with Gasteiger partial charge in [0.2, 0.25) is 0 Å². The molecule has 28 heavy (non-hydrogen) atoms. The number of anilines is 2. The average Bonchev–Trinajstić information content (AvgIpc) is 2.86. The van der Waals surface area contributed by atoms with E-state index in [2.05, 4.69) is 46.2 Å². The fraction of sp³-hybridized carbons (Fsp3) is 0.435. The molecular weight excluding hydrogens is 352 g/mol. The van der Waals surface area contributed by atoms with Crippen LogP contribution < -0.4 is 4.90 Å². The molecule has 2 atom stereocenters. The highest BCUT2D eigenvalue weighted by molar-refractivity contribution is 5.71. The number of β-amino-alcohol motifs (C(OH)–C–C–N with tert-alkyl or cyclic N) is 1. The second kappa shape index (κ2) is 8.33. The fourth-order valence-corrected chi connectivity index (χ4v) is 4.56. The lowest BCUT2D eigenvalue weighted by Gasteiger charge is -2.34. The van der Waals surface area contributed by atoms with Crippen LogP contribution in [0.1, 0.15) is 24.0 Å². The maximum atomic E-state index is 11.3. The maximum Gasteiger partial charge on any atom is 0.307 e. The molecule has 0 aliphatic carbocycles. The molecule has 148 valence electrons. The Bertz CT molecular complexity index is 791. The number of aliphatic carboxylic acids is 1. The molecule has 2 aliphatic rings. The van der Waals surface area contributed by atoms with Crippen LogP contribution in [0.2, 0.25) is 0 Å². The number of nitrogens with zero attached hydrogens (tertiary/aromatic N) is 2. The normalized spacial score (nSPS) is 20.8. The molecule has 1 saturated heterocycles. The minimum Gasteiger partial charge on any atom is -0.481 e. The maximum absolute atomic E-state index is 11.3. The number of benzene rings is 2. The van der Waals surface area contributed by atoms with Gasteiger partial charge in [0.05, 0.1) is 18.6 Å². The van der Waals surface area contributed by atoms with Crippen molar-refractivity contribution in [2.24, 2.45) is 5.92 Å². The summed E-state index contributed by atoms with van der Waals surface area (Å²) in [5.74, 6) is -1.05. The predicted molar refractivity (Wildman–Crippen MR) is 110 cm³/mol. The van der Waals surface area contributed by atoms with E-state index in [1.807, 2.05) is 12.1 Å². The summed E-state index contributed by atoms with van der Waals surface area (Å²) >= 11 is 0. The van der Waals surface area contributed by atoms with E-state index in [-0.39, 0.29) is 5.92 Å². The fourth-order valence-electron chi connectivity index (χ4n) is 4.56. The molecule has 0 bridgehead atoms. The lowest BCUT2D eigenvalue weighted by atomic mass is 9.98. The van der Waals surface area contributed by atoms with Gasteiger partial charge in [-0.1, -0.05) is 36.4 Å². The molecule has 2 aliphatic heterocycles. The van der Waals surface area contributed by atoms with E-state index in [0.29, 0.717) is 19.6 Å². The second-order valence-electron chi connectivity index (χ2n) is 7.96. The molecule has 0 saturated carbocycles. The van der Waals surface area contributed by atoms with Gasteiger partial charge in [-0.05, 0) is 55.5 Å². The van der Waals surface area contributed by atoms with Gasteiger partial charge < -0.3 is 15.1 Å². The number of aryl methyl sites for hydroxylation is 2. The number of hydrogen-bond acceptors (Lipinski definition) is 4. The van der Waals surface area contributed by atoms with Gasteiger partial charge in [-0.15, -0.1) is 0 Å². The molecule has 4 rings (SSSR count). The van der Waals surface area contributed by atoms with Crippen molar-refractivity contribution in [2.75, 3.05) is 31.1 Å². The van der Waals surface area contributed by atoms with Crippen molar-refractivity contribution in [3.8, 4) is 0 Å². The summed E-state index contributed by atoms with van der Waals surface area (Å²) < 4.78 is 0. The zero-order valence-corrected chi connectivity index (χ0v) is 16.1. The minimum absolute atomic E-state index is 0.319. The second-order valence-corrected chi connectivity index (χ2v) is 7.96. The molecule has 2 aromatic rings. The Morgan fingerprint density at radius 2 is 1.61 bits per heavy atom. The SMILES string of the molecule is O=C(O)[C@@H]1CCCN(CC(O)CN2c3ccccc3CCc3ccccc32)C1. The number of para-hydroxylation sites is 2. The van der Waals surface area contributed by atoms with Gasteiger partial charge in [-0.3, -0.25) is 9.69 Å². The molecule has 0 radical (unpaired) electrons. The van der Waals surface area contributed by atoms with Crippen LogP contribution >= 0.6 is 0 Å². The van der Waals surface area contributed by atoms with Crippen LogP contribution in [0, 0.1) is 5.92 Å². The van der Waals surface area contributed by atoms with E-state index in [9.17, 15) is 15.0 Å². The third-order valence-electron chi connectivity index (χ3n) is 5.95. The lowest BCUT2D eigenvalue weighted by molar-refractivity contribution is -0.143. The number of fused-ring (bicyclic) bond motifs is 2. The molecular formula is C23H28N2O3. The number of rotatable bonds is 5. The van der Waals surface area contributed by atoms with Crippen LogP contribution in [-0.4, -0.2) is 53.4 Å². The van der Waals surface area contributed by atoms with Crippen molar-refractivity contribution < 1.29 is 15.0 Å².